The Morgan fingerprint density at radius 2 is 0.900 bits per heavy atom. The van der Waals surface area contributed by atoms with Gasteiger partial charge in [-0.3, -0.25) is 0 Å². The molecule has 2 aliphatic rings. The molecule has 0 N–H and O–H groups in total. The average molecular weight is 586 g/mol. The van der Waals surface area contributed by atoms with Crippen molar-refractivity contribution in [2.75, 3.05) is 0 Å². The summed E-state index contributed by atoms with van der Waals surface area (Å²) in [5, 5.41) is 0. The molecule has 0 nitrogen and oxygen atoms in total. The van der Waals surface area contributed by atoms with E-state index in [9.17, 15) is 0 Å². The SMILES string of the molecule is C1=C[Te]C(=C2[Te]C=C[Te]2)[Te]1. The summed E-state index contributed by atoms with van der Waals surface area (Å²) >= 11 is 1.13. The van der Waals surface area contributed by atoms with Gasteiger partial charge in [-0.1, -0.05) is 0 Å². The first kappa shape index (κ1) is 8.95. The first-order chi connectivity index (χ1) is 4.97. The number of rotatable bonds is 0. The first-order valence-corrected chi connectivity index (χ1v) is 12.7. The van der Waals surface area contributed by atoms with Gasteiger partial charge in [-0.15, -0.1) is 0 Å². The van der Waals surface area contributed by atoms with Crippen LogP contribution in [0.3, 0.4) is 0 Å². The standard InChI is InChI=1S/C6H4Te4/c1-2-8-5(7-1)6-9-3-4-10-6/h1-4H. The summed E-state index contributed by atoms with van der Waals surface area (Å²) in [7, 11) is 0. The number of hydrogen-bond donors (Lipinski definition) is 0. The van der Waals surface area contributed by atoms with E-state index in [0.717, 1.165) is 0 Å². The van der Waals surface area contributed by atoms with Crippen LogP contribution in [0.2, 0.25) is 0 Å². The van der Waals surface area contributed by atoms with Crippen molar-refractivity contribution in [3.8, 4) is 0 Å². The van der Waals surface area contributed by atoms with Crippen molar-refractivity contribution in [2.24, 2.45) is 0 Å². The molecule has 0 aromatic heterocycles. The molecule has 52 valence electrons. The van der Waals surface area contributed by atoms with Crippen molar-refractivity contribution in [3.63, 3.8) is 0 Å². The summed E-state index contributed by atoms with van der Waals surface area (Å²) in [6.45, 7) is 0. The van der Waals surface area contributed by atoms with E-state index in [0.29, 0.717) is 0 Å². The third-order valence-electron chi connectivity index (χ3n) is 0.978. The van der Waals surface area contributed by atoms with E-state index in [4.69, 9.17) is 0 Å². The van der Waals surface area contributed by atoms with Crippen molar-refractivity contribution in [3.05, 3.63) is 19.8 Å². The second kappa shape index (κ2) is 4.57. The van der Waals surface area contributed by atoms with Crippen molar-refractivity contribution >= 4 is 83.7 Å². The van der Waals surface area contributed by atoms with Gasteiger partial charge in [-0.2, -0.15) is 0 Å². The molecule has 2 aliphatic heterocycles. The molecular formula is C6H4Te4. The molecule has 0 fully saturated rings. The van der Waals surface area contributed by atoms with E-state index in [1.165, 1.54) is 0 Å². The molecule has 0 radical (unpaired) electrons. The molecular weight excluding hydrogens is 582 g/mol. The molecule has 0 amide bonds. The van der Waals surface area contributed by atoms with Crippen LogP contribution >= 0.6 is 0 Å². The molecule has 0 bridgehead atoms. The van der Waals surface area contributed by atoms with E-state index in [1.807, 2.05) is 3.34 Å². The quantitative estimate of drug-likeness (QED) is 0.348. The Bertz CT molecular complexity index is 182. The van der Waals surface area contributed by atoms with Crippen molar-refractivity contribution in [2.45, 2.75) is 0 Å². The van der Waals surface area contributed by atoms with Crippen LogP contribution in [0.25, 0.3) is 0 Å². The van der Waals surface area contributed by atoms with E-state index in [2.05, 4.69) is 16.5 Å². The molecule has 0 unspecified atom stereocenters. The predicted molar refractivity (Wildman–Crippen MR) is 48.3 cm³/mol. The summed E-state index contributed by atoms with van der Waals surface area (Å²) in [6, 6.07) is 0. The Labute approximate surface area is 101 Å². The summed E-state index contributed by atoms with van der Waals surface area (Å²) in [6.07, 6.45) is 0. The Balaban J connectivity index is 2.14. The van der Waals surface area contributed by atoms with Crippen LogP contribution in [0, 0.1) is 0 Å². The molecule has 2 heterocycles. The fraction of sp³-hybridized carbons (Fsp3) is 0. The minimum absolute atomic E-state index is 0.282. The second-order valence-electron chi connectivity index (χ2n) is 1.59. The summed E-state index contributed by atoms with van der Waals surface area (Å²) < 4.78 is 14.1. The molecule has 0 aromatic rings. The molecule has 4 heteroatoms. The monoisotopic (exact) mass is 596 g/mol. The normalized spacial score (nSPS) is 23.2. The van der Waals surface area contributed by atoms with Crippen LogP contribution in [-0.4, -0.2) is 83.7 Å². The topological polar surface area (TPSA) is 0 Å². The average Bonchev–Trinajstić information content (AvgIpc) is 2.59. The van der Waals surface area contributed by atoms with Gasteiger partial charge in [0.1, 0.15) is 0 Å². The maximum atomic E-state index is 2.51. The van der Waals surface area contributed by atoms with Crippen LogP contribution in [0.15, 0.2) is 19.8 Å². The maximum absolute atomic E-state index is 2.51. The van der Waals surface area contributed by atoms with E-state index in [-0.39, 0.29) is 83.7 Å². The molecule has 0 saturated carbocycles. The fourth-order valence-corrected chi connectivity index (χ4v) is 22.1. The zero-order chi connectivity index (χ0) is 6.81. The van der Waals surface area contributed by atoms with Gasteiger partial charge in [0.25, 0.3) is 0 Å². The Morgan fingerprint density at radius 3 is 1.20 bits per heavy atom. The van der Waals surface area contributed by atoms with Gasteiger partial charge in [-0.05, 0) is 0 Å². The summed E-state index contributed by atoms with van der Waals surface area (Å²) in [5.41, 5.74) is 0. The Kier molecular flexibility index (Phi) is 4.09. The van der Waals surface area contributed by atoms with Gasteiger partial charge in [0.15, 0.2) is 0 Å². The van der Waals surface area contributed by atoms with Crippen molar-refractivity contribution in [1.82, 2.24) is 0 Å². The molecule has 0 spiro atoms. The van der Waals surface area contributed by atoms with E-state index >= 15 is 0 Å². The van der Waals surface area contributed by atoms with E-state index in [1.54, 1.807) is 0 Å². The van der Waals surface area contributed by atoms with Crippen LogP contribution in [0.5, 0.6) is 0 Å². The van der Waals surface area contributed by atoms with Gasteiger partial charge >= 0.3 is 104 Å². The zero-order valence-electron chi connectivity index (χ0n) is 4.94. The van der Waals surface area contributed by atoms with Gasteiger partial charge < -0.3 is 0 Å². The molecule has 0 saturated heterocycles. The molecule has 0 aromatic carbocycles. The second-order valence-corrected chi connectivity index (χ2v) is 17.1. The summed E-state index contributed by atoms with van der Waals surface area (Å²) in [5.74, 6) is 0. The van der Waals surface area contributed by atoms with Crippen molar-refractivity contribution in [1.29, 1.82) is 0 Å². The Hall–Kier alpha value is 2.38. The van der Waals surface area contributed by atoms with E-state index < -0.39 is 0 Å². The van der Waals surface area contributed by atoms with Gasteiger partial charge in [0.05, 0.1) is 0 Å². The fourth-order valence-electron chi connectivity index (χ4n) is 0.606. The van der Waals surface area contributed by atoms with Crippen molar-refractivity contribution < 1.29 is 0 Å². The molecule has 10 heavy (non-hydrogen) atoms. The minimum atomic E-state index is 0.282. The molecule has 0 aliphatic carbocycles. The third kappa shape index (κ3) is 2.20. The molecule has 0 atom stereocenters. The van der Waals surface area contributed by atoms with Crippen LogP contribution in [0.1, 0.15) is 0 Å². The van der Waals surface area contributed by atoms with Gasteiger partial charge in [0.2, 0.25) is 0 Å². The van der Waals surface area contributed by atoms with Gasteiger partial charge in [-0.25, -0.2) is 0 Å². The van der Waals surface area contributed by atoms with Crippen LogP contribution in [-0.2, 0) is 0 Å². The van der Waals surface area contributed by atoms with Crippen LogP contribution < -0.4 is 0 Å². The van der Waals surface area contributed by atoms with Crippen LogP contribution in [0.4, 0.5) is 0 Å². The summed E-state index contributed by atoms with van der Waals surface area (Å²) in [4.78, 5) is 0. The first-order valence-electron chi connectivity index (χ1n) is 2.68. The zero-order valence-corrected chi connectivity index (χ0v) is 14.3. The molecule has 2 rings (SSSR count). The predicted octanol–water partition coefficient (Wildman–Crippen LogP) is -0.101. The number of hydrogen-bond acceptors (Lipinski definition) is 0. The van der Waals surface area contributed by atoms with Gasteiger partial charge in [0, 0.05) is 0 Å². The Morgan fingerprint density at radius 1 is 0.600 bits per heavy atom. The third-order valence-corrected chi connectivity index (χ3v) is 24.6.